The highest BCUT2D eigenvalue weighted by molar-refractivity contribution is 14.1. The summed E-state index contributed by atoms with van der Waals surface area (Å²) < 4.78 is 1.98. The highest BCUT2D eigenvalue weighted by Gasteiger charge is 2.03. The Balaban J connectivity index is 2.58. The van der Waals surface area contributed by atoms with Crippen LogP contribution in [0.25, 0.3) is 0 Å². The molecule has 0 heterocycles. The van der Waals surface area contributed by atoms with E-state index in [-0.39, 0.29) is 0 Å². The molecule has 1 fully saturated rings. The van der Waals surface area contributed by atoms with Crippen LogP contribution >= 0.6 is 22.6 Å². The van der Waals surface area contributed by atoms with Gasteiger partial charge in [-0.05, 0) is 53.8 Å². The molecule has 1 heteroatoms. The Morgan fingerprint density at radius 3 is 2.50 bits per heavy atom. The average Bonchev–Trinajstić information content (AvgIpc) is 2.19. The zero-order valence-electron chi connectivity index (χ0n) is 4.78. The second-order valence-electron chi connectivity index (χ2n) is 2.06. The Morgan fingerprint density at radius 1 is 1.38 bits per heavy atom. The fraction of sp³-hybridized carbons (Fsp3) is 0.571. The molecule has 0 aliphatic heterocycles. The van der Waals surface area contributed by atoms with Gasteiger partial charge in [0.25, 0.3) is 0 Å². The molecule has 0 unspecified atom stereocenters. The van der Waals surface area contributed by atoms with E-state index < -0.39 is 0 Å². The molecule has 0 nitrogen and oxygen atoms in total. The van der Waals surface area contributed by atoms with Crippen molar-refractivity contribution in [3.8, 4) is 0 Å². The van der Waals surface area contributed by atoms with Crippen LogP contribution in [0.5, 0.6) is 0 Å². The summed E-state index contributed by atoms with van der Waals surface area (Å²) in [5.74, 6) is 0. The predicted octanol–water partition coefficient (Wildman–Crippen LogP) is 3.03. The molecular formula is C7H9I. The van der Waals surface area contributed by atoms with Crippen molar-refractivity contribution in [3.05, 3.63) is 15.4 Å². The molecule has 0 saturated heterocycles. The minimum absolute atomic E-state index is 1.29. The summed E-state index contributed by atoms with van der Waals surface area (Å²) in [6, 6.07) is 0. The first kappa shape index (κ1) is 6.37. The van der Waals surface area contributed by atoms with E-state index in [0.717, 1.165) is 0 Å². The first-order chi connectivity index (χ1) is 3.93. The second kappa shape index (κ2) is 3.31. The van der Waals surface area contributed by atoms with Crippen LogP contribution in [0.1, 0.15) is 25.7 Å². The Hall–Kier alpha value is 0.250. The molecule has 0 amide bonds. The second-order valence-corrected chi connectivity index (χ2v) is 2.69. The van der Waals surface area contributed by atoms with Gasteiger partial charge in [-0.25, -0.2) is 0 Å². The number of hydrogen-bond donors (Lipinski definition) is 0. The van der Waals surface area contributed by atoms with E-state index in [1.807, 2.05) is 4.08 Å². The summed E-state index contributed by atoms with van der Waals surface area (Å²) in [4.78, 5) is 0. The quantitative estimate of drug-likeness (QED) is 0.434. The molecule has 0 aromatic carbocycles. The van der Waals surface area contributed by atoms with Crippen molar-refractivity contribution in [3.63, 3.8) is 0 Å². The molecule has 8 heavy (non-hydrogen) atoms. The Kier molecular flexibility index (Phi) is 2.64. The number of hydrogen-bond acceptors (Lipinski definition) is 0. The Bertz CT molecular complexity index is 121. The molecule has 0 spiro atoms. The van der Waals surface area contributed by atoms with E-state index in [0.29, 0.717) is 0 Å². The van der Waals surface area contributed by atoms with Gasteiger partial charge in [-0.1, -0.05) is 0 Å². The molecule has 1 aliphatic carbocycles. The molecular weight excluding hydrogens is 211 g/mol. The van der Waals surface area contributed by atoms with Gasteiger partial charge in [0, 0.05) is 4.08 Å². The lowest BCUT2D eigenvalue weighted by atomic mass is 10.2. The first-order valence-corrected chi connectivity index (χ1v) is 4.21. The molecule has 1 saturated carbocycles. The van der Waals surface area contributed by atoms with Crippen molar-refractivity contribution < 1.29 is 0 Å². The third kappa shape index (κ3) is 1.64. The average molecular weight is 220 g/mol. The fourth-order valence-electron chi connectivity index (χ4n) is 1.02. The van der Waals surface area contributed by atoms with Crippen LogP contribution in [-0.2, 0) is 0 Å². The molecule has 1 aliphatic rings. The van der Waals surface area contributed by atoms with Crippen LogP contribution in [0.15, 0.2) is 15.4 Å². The molecule has 0 radical (unpaired) electrons. The van der Waals surface area contributed by atoms with Gasteiger partial charge in [0.05, 0.1) is 0 Å². The minimum Gasteiger partial charge on any atom is -0.115 e. The van der Waals surface area contributed by atoms with E-state index in [2.05, 4.69) is 28.3 Å². The maximum absolute atomic E-state index is 3.22. The zero-order valence-corrected chi connectivity index (χ0v) is 6.94. The molecule has 0 aromatic heterocycles. The first-order valence-electron chi connectivity index (χ1n) is 2.96. The Labute approximate surface area is 63.8 Å². The van der Waals surface area contributed by atoms with Crippen LogP contribution in [0, 0.1) is 0 Å². The third-order valence-electron chi connectivity index (χ3n) is 1.47. The van der Waals surface area contributed by atoms with Crippen LogP contribution in [0.3, 0.4) is 0 Å². The molecule has 1 rings (SSSR count). The monoisotopic (exact) mass is 220 g/mol. The van der Waals surface area contributed by atoms with E-state index >= 15 is 0 Å². The van der Waals surface area contributed by atoms with Crippen molar-refractivity contribution in [1.82, 2.24) is 0 Å². The normalized spacial score (nSPS) is 18.4. The largest absolute Gasteiger partial charge is 0.115 e. The molecule has 0 N–H and O–H groups in total. The van der Waals surface area contributed by atoms with E-state index in [1.165, 1.54) is 31.3 Å². The zero-order chi connectivity index (χ0) is 5.82. The number of halogens is 1. The lowest BCUT2D eigenvalue weighted by molar-refractivity contribution is 0.886. The van der Waals surface area contributed by atoms with Crippen LogP contribution in [0.4, 0.5) is 0 Å². The third-order valence-corrected chi connectivity index (χ3v) is 1.78. The summed E-state index contributed by atoms with van der Waals surface area (Å²) in [5.41, 5.74) is 4.74. The summed E-state index contributed by atoms with van der Waals surface area (Å²) in [5, 5.41) is 0. The molecule has 0 atom stereocenters. The molecule has 44 valence electrons. The summed E-state index contributed by atoms with van der Waals surface area (Å²) >= 11 is 2.22. The van der Waals surface area contributed by atoms with Gasteiger partial charge in [-0.3, -0.25) is 0 Å². The number of rotatable bonds is 0. The van der Waals surface area contributed by atoms with Gasteiger partial charge < -0.3 is 0 Å². The lowest BCUT2D eigenvalue weighted by Crippen LogP contribution is -1.62. The van der Waals surface area contributed by atoms with Crippen molar-refractivity contribution in [2.24, 2.45) is 0 Å². The maximum Gasteiger partial charge on any atom is 0.0186 e. The van der Waals surface area contributed by atoms with E-state index in [4.69, 9.17) is 0 Å². The summed E-state index contributed by atoms with van der Waals surface area (Å²) in [6.07, 6.45) is 5.35. The van der Waals surface area contributed by atoms with E-state index in [9.17, 15) is 0 Å². The van der Waals surface area contributed by atoms with Crippen molar-refractivity contribution in [1.29, 1.82) is 0 Å². The lowest BCUT2D eigenvalue weighted by Gasteiger charge is -1.81. The highest BCUT2D eigenvalue weighted by Crippen LogP contribution is 2.22. The fourth-order valence-corrected chi connectivity index (χ4v) is 1.46. The van der Waals surface area contributed by atoms with Crippen LogP contribution in [0.2, 0.25) is 0 Å². The molecule has 0 aromatic rings. The Morgan fingerprint density at radius 2 is 2.00 bits per heavy atom. The maximum atomic E-state index is 3.22. The van der Waals surface area contributed by atoms with Gasteiger partial charge in [-0.2, -0.15) is 0 Å². The van der Waals surface area contributed by atoms with Crippen molar-refractivity contribution in [2.45, 2.75) is 25.7 Å². The van der Waals surface area contributed by atoms with Gasteiger partial charge in [0.15, 0.2) is 0 Å². The predicted molar refractivity (Wildman–Crippen MR) is 44.1 cm³/mol. The van der Waals surface area contributed by atoms with Crippen molar-refractivity contribution in [2.75, 3.05) is 0 Å². The minimum atomic E-state index is 1.29. The van der Waals surface area contributed by atoms with Gasteiger partial charge in [0.2, 0.25) is 0 Å². The van der Waals surface area contributed by atoms with Gasteiger partial charge >= 0.3 is 0 Å². The van der Waals surface area contributed by atoms with Crippen LogP contribution < -0.4 is 0 Å². The van der Waals surface area contributed by atoms with E-state index in [1.54, 1.807) is 0 Å². The van der Waals surface area contributed by atoms with Crippen molar-refractivity contribution >= 4 is 22.6 Å². The highest BCUT2D eigenvalue weighted by atomic mass is 127. The standard InChI is InChI=1S/C7H9I/c8-6-5-7-3-1-2-4-7/h6H,1-4H2. The molecule has 0 bridgehead atoms. The topological polar surface area (TPSA) is 0 Å². The van der Waals surface area contributed by atoms with Gasteiger partial charge in [-0.15, -0.1) is 5.73 Å². The summed E-state index contributed by atoms with van der Waals surface area (Å²) in [6.45, 7) is 0. The van der Waals surface area contributed by atoms with Gasteiger partial charge in [0.1, 0.15) is 0 Å². The SMILES string of the molecule is IC=C=C1CCCC1. The van der Waals surface area contributed by atoms with Crippen LogP contribution in [-0.4, -0.2) is 0 Å². The summed E-state index contributed by atoms with van der Waals surface area (Å²) in [7, 11) is 0. The smallest absolute Gasteiger partial charge is 0.0186 e. The number of allylic oxidation sites excluding steroid dienone is 1.